The molecule has 0 radical (unpaired) electrons. The van der Waals surface area contributed by atoms with E-state index in [2.05, 4.69) is 13.8 Å². The van der Waals surface area contributed by atoms with Crippen LogP contribution in [0.25, 0.3) is 0 Å². The van der Waals surface area contributed by atoms with Gasteiger partial charge in [0.1, 0.15) is 11.5 Å². The molecule has 3 rings (SSSR count). The van der Waals surface area contributed by atoms with Gasteiger partial charge in [0.25, 0.3) is 0 Å². The lowest BCUT2D eigenvalue weighted by atomic mass is 10.1. The first kappa shape index (κ1) is 34.2. The maximum atomic E-state index is 5.61. The Morgan fingerprint density at radius 2 is 0.949 bits per heavy atom. The molecule has 3 aromatic carbocycles. The average molecular weight is 555 g/mol. The molecule has 0 amide bonds. The number of para-hydroxylation sites is 2. The minimum absolute atomic E-state index is 0.509. The topological polar surface area (TPSA) is 70.5 Å². The quantitative estimate of drug-likeness (QED) is 0.136. The first-order valence-electron chi connectivity index (χ1n) is 14.7. The number of benzene rings is 3. The molecule has 0 fully saturated rings. The van der Waals surface area contributed by atoms with Crippen LogP contribution in [0.3, 0.4) is 0 Å². The van der Waals surface area contributed by atoms with Crippen LogP contribution in [0.15, 0.2) is 78.9 Å². The molecule has 0 aliphatic carbocycles. The maximum absolute atomic E-state index is 5.61. The number of rotatable bonds is 16. The lowest BCUT2D eigenvalue weighted by Gasteiger charge is -2.05. The maximum Gasteiger partial charge on any atom is 0.119 e. The third-order valence-electron chi connectivity index (χ3n) is 6.04. The normalized spacial score (nSPS) is 10.0. The zero-order valence-electron chi connectivity index (χ0n) is 24.3. The standard InChI is InChI=1S/2C14H22O.C6H7ClN2/c2*1-2-3-4-5-6-10-13-15-14-11-8-7-9-12-14;7-5-3-4(8)1-2-6(5)9/h2*7-9,11-12H,2-6,10,13H2,1H3;1-3H,8-9H2. The van der Waals surface area contributed by atoms with Crippen molar-refractivity contribution in [1.82, 2.24) is 0 Å². The molecule has 216 valence electrons. The van der Waals surface area contributed by atoms with E-state index in [1.807, 2.05) is 60.7 Å². The highest BCUT2D eigenvalue weighted by Gasteiger charge is 1.94. The van der Waals surface area contributed by atoms with Crippen LogP contribution in [0.4, 0.5) is 11.4 Å². The van der Waals surface area contributed by atoms with Crippen molar-refractivity contribution in [2.45, 2.75) is 90.9 Å². The summed E-state index contributed by atoms with van der Waals surface area (Å²) in [6.45, 7) is 6.21. The predicted molar refractivity (Wildman–Crippen MR) is 171 cm³/mol. The second kappa shape index (κ2) is 24.2. The van der Waals surface area contributed by atoms with Gasteiger partial charge in [-0.15, -0.1) is 0 Å². The van der Waals surface area contributed by atoms with Crippen molar-refractivity contribution in [3.05, 3.63) is 83.9 Å². The van der Waals surface area contributed by atoms with E-state index in [4.69, 9.17) is 32.5 Å². The first-order valence-corrected chi connectivity index (χ1v) is 15.1. The van der Waals surface area contributed by atoms with Crippen molar-refractivity contribution in [2.75, 3.05) is 24.7 Å². The van der Waals surface area contributed by atoms with Crippen LogP contribution in [-0.4, -0.2) is 13.2 Å². The van der Waals surface area contributed by atoms with Gasteiger partial charge in [-0.1, -0.05) is 126 Å². The van der Waals surface area contributed by atoms with Crippen LogP contribution in [0.5, 0.6) is 11.5 Å². The Morgan fingerprint density at radius 3 is 1.33 bits per heavy atom. The number of hydrogen-bond acceptors (Lipinski definition) is 4. The largest absolute Gasteiger partial charge is 0.494 e. The number of nitrogens with two attached hydrogens (primary N) is 2. The molecule has 0 heterocycles. The van der Waals surface area contributed by atoms with Gasteiger partial charge < -0.3 is 20.9 Å². The third-order valence-corrected chi connectivity index (χ3v) is 6.37. The fraction of sp³-hybridized carbons (Fsp3) is 0.471. The molecule has 0 saturated carbocycles. The van der Waals surface area contributed by atoms with Crippen molar-refractivity contribution in [3.8, 4) is 11.5 Å². The van der Waals surface area contributed by atoms with E-state index in [1.165, 1.54) is 77.0 Å². The molecule has 3 aromatic rings. The van der Waals surface area contributed by atoms with E-state index < -0.39 is 0 Å². The lowest BCUT2D eigenvalue weighted by molar-refractivity contribution is 0.304. The Labute approximate surface area is 243 Å². The molecule has 0 aliphatic rings. The molecule has 39 heavy (non-hydrogen) atoms. The summed E-state index contributed by atoms with van der Waals surface area (Å²) in [6, 6.07) is 25.1. The minimum Gasteiger partial charge on any atom is -0.494 e. The van der Waals surface area contributed by atoms with Gasteiger partial charge >= 0.3 is 0 Å². The second-order valence-electron chi connectivity index (χ2n) is 9.64. The molecule has 0 saturated heterocycles. The van der Waals surface area contributed by atoms with Gasteiger partial charge in [-0.25, -0.2) is 0 Å². The molecule has 4 N–H and O–H groups in total. The van der Waals surface area contributed by atoms with Crippen LogP contribution in [0, 0.1) is 0 Å². The average Bonchev–Trinajstić information content (AvgIpc) is 2.96. The summed E-state index contributed by atoms with van der Waals surface area (Å²) in [7, 11) is 0. The van der Waals surface area contributed by atoms with Crippen LogP contribution in [0.1, 0.15) is 90.9 Å². The van der Waals surface area contributed by atoms with Gasteiger partial charge in [0.05, 0.1) is 23.9 Å². The van der Waals surface area contributed by atoms with Gasteiger partial charge in [-0.2, -0.15) is 0 Å². The van der Waals surface area contributed by atoms with Crippen LogP contribution in [-0.2, 0) is 0 Å². The molecule has 0 bridgehead atoms. The number of ether oxygens (including phenoxy) is 2. The van der Waals surface area contributed by atoms with E-state index >= 15 is 0 Å². The highest BCUT2D eigenvalue weighted by atomic mass is 35.5. The zero-order valence-corrected chi connectivity index (χ0v) is 25.0. The predicted octanol–water partition coefficient (Wildman–Crippen LogP) is 10.4. The number of anilines is 2. The summed E-state index contributed by atoms with van der Waals surface area (Å²) in [6.07, 6.45) is 15.8. The SMILES string of the molecule is CCCCCCCCOc1ccccc1.CCCCCCCCOc1ccccc1.Nc1ccc(N)c(Cl)c1. The molecule has 0 atom stereocenters. The van der Waals surface area contributed by atoms with Crippen LogP contribution in [0.2, 0.25) is 5.02 Å². The highest BCUT2D eigenvalue weighted by molar-refractivity contribution is 6.33. The Morgan fingerprint density at radius 1 is 0.538 bits per heavy atom. The summed E-state index contributed by atoms with van der Waals surface area (Å²) < 4.78 is 11.2. The van der Waals surface area contributed by atoms with E-state index in [1.54, 1.807) is 18.2 Å². The smallest absolute Gasteiger partial charge is 0.119 e. The van der Waals surface area contributed by atoms with E-state index in [0.29, 0.717) is 16.4 Å². The van der Waals surface area contributed by atoms with Gasteiger partial charge in [-0.05, 0) is 55.3 Å². The zero-order chi connectivity index (χ0) is 28.4. The van der Waals surface area contributed by atoms with E-state index in [0.717, 1.165) is 24.7 Å². The first-order chi connectivity index (χ1) is 19.1. The Kier molecular flexibility index (Phi) is 21.2. The molecule has 0 spiro atoms. The Bertz CT molecular complexity index is 885. The fourth-order valence-corrected chi connectivity index (χ4v) is 3.91. The van der Waals surface area contributed by atoms with Crippen LogP contribution >= 0.6 is 11.6 Å². The molecular weight excluding hydrogens is 504 g/mol. The van der Waals surface area contributed by atoms with Gasteiger partial charge in [0, 0.05) is 5.69 Å². The number of hydrogen-bond donors (Lipinski definition) is 2. The molecule has 0 aromatic heterocycles. The number of unbranched alkanes of at least 4 members (excludes halogenated alkanes) is 10. The van der Waals surface area contributed by atoms with Gasteiger partial charge in [-0.3, -0.25) is 0 Å². The summed E-state index contributed by atoms with van der Waals surface area (Å²) in [5, 5.41) is 0.509. The van der Waals surface area contributed by atoms with Gasteiger partial charge in [0.15, 0.2) is 0 Å². The van der Waals surface area contributed by atoms with Crippen LogP contribution < -0.4 is 20.9 Å². The molecule has 4 nitrogen and oxygen atoms in total. The monoisotopic (exact) mass is 554 g/mol. The number of nitrogen functional groups attached to an aromatic ring is 2. The summed E-state index contributed by atoms with van der Waals surface area (Å²) in [4.78, 5) is 0. The summed E-state index contributed by atoms with van der Waals surface area (Å²) in [5.74, 6) is 1.98. The van der Waals surface area contributed by atoms with Crippen molar-refractivity contribution >= 4 is 23.0 Å². The second-order valence-corrected chi connectivity index (χ2v) is 10.0. The van der Waals surface area contributed by atoms with Crippen molar-refractivity contribution in [2.24, 2.45) is 0 Å². The molecular formula is C34H51ClN2O2. The summed E-state index contributed by atoms with van der Waals surface area (Å²) in [5.41, 5.74) is 12.0. The van der Waals surface area contributed by atoms with Crippen molar-refractivity contribution < 1.29 is 9.47 Å². The van der Waals surface area contributed by atoms with E-state index in [9.17, 15) is 0 Å². The van der Waals surface area contributed by atoms with Gasteiger partial charge in [0.2, 0.25) is 0 Å². The summed E-state index contributed by atoms with van der Waals surface area (Å²) >= 11 is 5.61. The van der Waals surface area contributed by atoms with Crippen molar-refractivity contribution in [3.63, 3.8) is 0 Å². The molecule has 0 aliphatic heterocycles. The molecule has 0 unspecified atom stereocenters. The fourth-order valence-electron chi connectivity index (χ4n) is 3.72. The number of halogens is 1. The lowest BCUT2D eigenvalue weighted by Crippen LogP contribution is -1.96. The minimum atomic E-state index is 0.509. The highest BCUT2D eigenvalue weighted by Crippen LogP contribution is 2.20. The third kappa shape index (κ3) is 19.8. The Hall–Kier alpha value is -2.85. The Balaban J connectivity index is 0.000000302. The van der Waals surface area contributed by atoms with Crippen molar-refractivity contribution in [1.29, 1.82) is 0 Å². The van der Waals surface area contributed by atoms with E-state index in [-0.39, 0.29) is 0 Å². The molecule has 5 heteroatoms.